The molecule has 0 spiro atoms. The highest BCUT2D eigenvalue weighted by molar-refractivity contribution is 5.95. The average molecular weight is 628 g/mol. The number of carboxylic acids is 1. The van der Waals surface area contributed by atoms with Crippen molar-refractivity contribution < 1.29 is 29.1 Å². The van der Waals surface area contributed by atoms with E-state index in [-0.39, 0.29) is 69.6 Å². The van der Waals surface area contributed by atoms with Crippen molar-refractivity contribution in [3.05, 3.63) is 0 Å². The molecule has 0 saturated heterocycles. The molecule has 0 aliphatic rings. The average Bonchev–Trinajstić information content (AvgIpc) is 2.90. The monoisotopic (exact) mass is 627 g/mol. The highest BCUT2D eigenvalue weighted by atomic mass is 16.4. The third-order valence-electron chi connectivity index (χ3n) is 6.02. The molecule has 17 N–H and O–H groups in total. The summed E-state index contributed by atoms with van der Waals surface area (Å²) in [5.74, 6) is -4.68. The molecule has 0 aromatic heterocycles. The maximum atomic E-state index is 13.4. The molecule has 0 aromatic rings. The van der Waals surface area contributed by atoms with Crippen LogP contribution in [0.4, 0.5) is 0 Å². The van der Waals surface area contributed by atoms with Crippen LogP contribution in [-0.2, 0) is 24.0 Å². The standard InChI is InChI=1S/C25H49N13O6/c1-13(2)18(38-20(41)15(35-14(3)39)7-4-10-32-23(26)27)21(42)36-16(8-5-11-33-24(28)29)19(40)37-17(22(43)44)9-6-12-34-25(30)31/h13,15-18H,4-12H2,1-3H3,(H,35,39)(H,36,42)(H,37,40)(H,38,41)(H,43,44)(H4,26,27,32)(H4,28,29,33)(H4,30,31,34)/t15-,16-,17-,18-/m0/s1. The molecule has 250 valence electrons. The Balaban J connectivity index is 5.78. The highest BCUT2D eigenvalue weighted by Gasteiger charge is 2.32. The van der Waals surface area contributed by atoms with Gasteiger partial charge in [-0.1, -0.05) is 13.8 Å². The van der Waals surface area contributed by atoms with E-state index >= 15 is 0 Å². The van der Waals surface area contributed by atoms with Crippen LogP contribution in [0.1, 0.15) is 59.3 Å². The zero-order chi connectivity index (χ0) is 33.8. The van der Waals surface area contributed by atoms with Crippen molar-refractivity contribution in [1.29, 1.82) is 0 Å². The predicted molar refractivity (Wildman–Crippen MR) is 166 cm³/mol. The molecule has 19 heteroatoms. The summed E-state index contributed by atoms with van der Waals surface area (Å²) in [6.45, 7) is 5.14. The lowest BCUT2D eigenvalue weighted by Gasteiger charge is -2.27. The number of nitrogens with one attached hydrogen (secondary N) is 4. The van der Waals surface area contributed by atoms with E-state index in [0.717, 1.165) is 0 Å². The third-order valence-corrected chi connectivity index (χ3v) is 6.02. The lowest BCUT2D eigenvalue weighted by Crippen LogP contribution is -2.59. The Morgan fingerprint density at radius 3 is 1.32 bits per heavy atom. The van der Waals surface area contributed by atoms with Crippen molar-refractivity contribution in [2.24, 2.45) is 55.3 Å². The first-order chi connectivity index (χ1) is 20.5. The first kappa shape index (κ1) is 39.2. The molecule has 0 unspecified atom stereocenters. The first-order valence-corrected chi connectivity index (χ1v) is 14.1. The Morgan fingerprint density at radius 2 is 0.955 bits per heavy atom. The van der Waals surface area contributed by atoms with Gasteiger partial charge in [0.1, 0.15) is 24.2 Å². The van der Waals surface area contributed by atoms with Crippen LogP contribution in [0.2, 0.25) is 0 Å². The maximum Gasteiger partial charge on any atom is 0.326 e. The van der Waals surface area contributed by atoms with Gasteiger partial charge in [-0.3, -0.25) is 34.2 Å². The van der Waals surface area contributed by atoms with Gasteiger partial charge in [-0.25, -0.2) is 4.79 Å². The number of aliphatic imine (C=N–C) groups is 3. The summed E-state index contributed by atoms with van der Waals surface area (Å²) in [6.07, 6.45) is 1.14. The molecule has 0 aliphatic heterocycles. The van der Waals surface area contributed by atoms with Crippen molar-refractivity contribution in [2.75, 3.05) is 19.6 Å². The summed E-state index contributed by atoms with van der Waals surface area (Å²) in [6, 6.07) is -4.57. The second kappa shape index (κ2) is 20.9. The molecule has 0 aromatic carbocycles. The van der Waals surface area contributed by atoms with E-state index in [4.69, 9.17) is 34.4 Å². The van der Waals surface area contributed by atoms with E-state index in [0.29, 0.717) is 6.42 Å². The number of guanidine groups is 3. The van der Waals surface area contributed by atoms with Crippen LogP contribution in [0.3, 0.4) is 0 Å². The zero-order valence-electron chi connectivity index (χ0n) is 25.5. The minimum atomic E-state index is -1.29. The van der Waals surface area contributed by atoms with Crippen molar-refractivity contribution in [1.82, 2.24) is 21.3 Å². The van der Waals surface area contributed by atoms with E-state index < -0.39 is 59.7 Å². The van der Waals surface area contributed by atoms with Gasteiger partial charge in [-0.05, 0) is 44.4 Å². The number of nitrogens with zero attached hydrogens (tertiary/aromatic N) is 3. The Morgan fingerprint density at radius 1 is 0.591 bits per heavy atom. The Bertz CT molecular complexity index is 1050. The summed E-state index contributed by atoms with van der Waals surface area (Å²) in [5, 5.41) is 19.8. The van der Waals surface area contributed by atoms with Crippen LogP contribution in [-0.4, -0.2) is 96.4 Å². The molecule has 4 atom stereocenters. The van der Waals surface area contributed by atoms with Crippen molar-refractivity contribution in [3.8, 4) is 0 Å². The summed E-state index contributed by atoms with van der Waals surface area (Å²) < 4.78 is 0. The molecular weight excluding hydrogens is 578 g/mol. The minimum absolute atomic E-state index is 0.0188. The summed E-state index contributed by atoms with van der Waals surface area (Å²) in [4.78, 5) is 74.7. The number of aliphatic carboxylic acids is 1. The van der Waals surface area contributed by atoms with Crippen LogP contribution >= 0.6 is 0 Å². The second-order valence-electron chi connectivity index (χ2n) is 10.3. The van der Waals surface area contributed by atoms with Crippen LogP contribution < -0.4 is 55.7 Å². The summed E-state index contributed by atoms with van der Waals surface area (Å²) in [7, 11) is 0. The topological polar surface area (TPSA) is 347 Å². The fourth-order valence-corrected chi connectivity index (χ4v) is 3.87. The second-order valence-corrected chi connectivity index (χ2v) is 10.3. The lowest BCUT2D eigenvalue weighted by atomic mass is 10.0. The van der Waals surface area contributed by atoms with Gasteiger partial charge in [0, 0.05) is 26.6 Å². The van der Waals surface area contributed by atoms with Gasteiger partial charge in [0.05, 0.1) is 0 Å². The van der Waals surface area contributed by atoms with Crippen molar-refractivity contribution in [3.63, 3.8) is 0 Å². The van der Waals surface area contributed by atoms with Crippen molar-refractivity contribution >= 4 is 47.5 Å². The molecule has 0 bridgehead atoms. The minimum Gasteiger partial charge on any atom is -0.480 e. The number of carbonyl (C=O) groups is 5. The predicted octanol–water partition coefficient (Wildman–Crippen LogP) is -4.15. The summed E-state index contributed by atoms with van der Waals surface area (Å²) >= 11 is 0. The third kappa shape index (κ3) is 17.9. The fourth-order valence-electron chi connectivity index (χ4n) is 3.87. The van der Waals surface area contributed by atoms with Crippen LogP contribution in [0.15, 0.2) is 15.0 Å². The number of hydrogen-bond acceptors (Lipinski definition) is 8. The largest absolute Gasteiger partial charge is 0.480 e. The van der Waals surface area contributed by atoms with Crippen molar-refractivity contribution in [2.45, 2.75) is 83.5 Å². The van der Waals surface area contributed by atoms with E-state index in [9.17, 15) is 29.1 Å². The van der Waals surface area contributed by atoms with Crippen LogP contribution in [0, 0.1) is 5.92 Å². The molecule has 4 amide bonds. The quantitative estimate of drug-likeness (QED) is 0.0328. The van der Waals surface area contributed by atoms with E-state index in [1.807, 2.05) is 0 Å². The Kier molecular flexibility index (Phi) is 18.6. The van der Waals surface area contributed by atoms with Gasteiger partial charge in [0.25, 0.3) is 0 Å². The molecule has 0 radical (unpaired) electrons. The molecule has 0 heterocycles. The number of hydrogen-bond donors (Lipinski definition) is 11. The lowest BCUT2D eigenvalue weighted by molar-refractivity contribution is -0.142. The van der Waals surface area contributed by atoms with E-state index in [2.05, 4.69) is 36.2 Å². The molecule has 0 rings (SSSR count). The van der Waals surface area contributed by atoms with E-state index in [1.165, 1.54) is 6.92 Å². The number of carbonyl (C=O) groups excluding carboxylic acids is 4. The summed E-state index contributed by atoms with van der Waals surface area (Å²) in [5.41, 5.74) is 31.9. The van der Waals surface area contributed by atoms with Gasteiger partial charge in [0.2, 0.25) is 23.6 Å². The molecule has 0 aliphatic carbocycles. The first-order valence-electron chi connectivity index (χ1n) is 14.1. The zero-order valence-corrected chi connectivity index (χ0v) is 25.5. The maximum absolute atomic E-state index is 13.4. The van der Waals surface area contributed by atoms with E-state index in [1.54, 1.807) is 13.8 Å². The fraction of sp³-hybridized carbons (Fsp3) is 0.680. The normalized spacial score (nSPS) is 13.3. The Labute approximate surface area is 256 Å². The van der Waals surface area contributed by atoms with Crippen LogP contribution in [0.25, 0.3) is 0 Å². The van der Waals surface area contributed by atoms with Gasteiger partial charge in [-0.15, -0.1) is 0 Å². The number of nitrogens with two attached hydrogens (primary N) is 6. The Hall–Kier alpha value is -4.84. The number of rotatable bonds is 21. The SMILES string of the molecule is CC(=O)N[C@@H](CCCN=C(N)N)C(=O)N[C@H](C(=O)N[C@@H](CCCN=C(N)N)C(=O)N[C@@H](CCCN=C(N)N)C(=O)O)C(C)C. The van der Waals surface area contributed by atoms with Gasteiger partial charge in [-0.2, -0.15) is 0 Å². The molecular formula is C25H49N13O6. The smallest absolute Gasteiger partial charge is 0.326 e. The number of amides is 4. The number of carboxylic acid groups (broad SMARTS) is 1. The highest BCUT2D eigenvalue weighted by Crippen LogP contribution is 2.08. The van der Waals surface area contributed by atoms with Gasteiger partial charge >= 0.3 is 5.97 Å². The molecule has 19 nitrogen and oxygen atoms in total. The van der Waals surface area contributed by atoms with Gasteiger partial charge in [0.15, 0.2) is 17.9 Å². The molecule has 0 fully saturated rings. The molecule has 0 saturated carbocycles. The van der Waals surface area contributed by atoms with Gasteiger partial charge < -0.3 is 60.8 Å². The molecule has 44 heavy (non-hydrogen) atoms. The van der Waals surface area contributed by atoms with Crippen LogP contribution in [0.5, 0.6) is 0 Å².